The number of methoxy groups -OCH3 is 1. The molecule has 0 radical (unpaired) electrons. The van der Waals surface area contributed by atoms with Crippen LogP contribution in [0, 0.1) is 6.92 Å². The summed E-state index contributed by atoms with van der Waals surface area (Å²) < 4.78 is 6.69. The molecule has 0 aliphatic carbocycles. The van der Waals surface area contributed by atoms with Crippen molar-refractivity contribution in [1.82, 2.24) is 9.78 Å². The van der Waals surface area contributed by atoms with Crippen molar-refractivity contribution in [1.29, 1.82) is 0 Å². The van der Waals surface area contributed by atoms with Gasteiger partial charge in [0.15, 0.2) is 10.9 Å². The van der Waals surface area contributed by atoms with Crippen LogP contribution in [0.4, 0.5) is 10.8 Å². The average molecular weight is 415 g/mol. The van der Waals surface area contributed by atoms with Crippen molar-refractivity contribution >= 4 is 45.5 Å². The summed E-state index contributed by atoms with van der Waals surface area (Å²) in [6.07, 6.45) is 2.73. The number of ether oxygens (including phenoxy) is 1. The number of benzene rings is 1. The Balaban J connectivity index is 1.64. The van der Waals surface area contributed by atoms with Gasteiger partial charge in [-0.3, -0.25) is 4.68 Å². The van der Waals surface area contributed by atoms with Gasteiger partial charge < -0.3 is 15.4 Å². The Morgan fingerprint density at radius 1 is 1.25 bits per heavy atom. The van der Waals surface area contributed by atoms with Crippen molar-refractivity contribution in [3.05, 3.63) is 64.2 Å². The smallest absolute Gasteiger partial charge is 0.340 e. The lowest BCUT2D eigenvalue weighted by Gasteiger charge is -2.08. The van der Waals surface area contributed by atoms with E-state index in [9.17, 15) is 4.79 Å². The third kappa shape index (κ3) is 4.96. The number of carbonyl (C=O) groups is 1. The molecule has 3 rings (SSSR count). The Bertz CT molecular complexity index is 977. The Kier molecular flexibility index (Phi) is 6.43. The number of thiophene rings is 1. The molecule has 2 aromatic heterocycles. The van der Waals surface area contributed by atoms with Crippen molar-refractivity contribution in [3.63, 3.8) is 0 Å². The van der Waals surface area contributed by atoms with E-state index in [0.717, 1.165) is 11.3 Å². The third-order valence-corrected chi connectivity index (χ3v) is 5.51. The number of anilines is 2. The van der Waals surface area contributed by atoms with E-state index in [2.05, 4.69) is 46.9 Å². The van der Waals surface area contributed by atoms with Crippen LogP contribution in [0.5, 0.6) is 0 Å². The molecule has 0 bridgehead atoms. The highest BCUT2D eigenvalue weighted by atomic mass is 32.1. The van der Waals surface area contributed by atoms with Gasteiger partial charge in [0.1, 0.15) is 5.00 Å². The maximum absolute atomic E-state index is 12.0. The zero-order chi connectivity index (χ0) is 20.1. The summed E-state index contributed by atoms with van der Waals surface area (Å²) in [5.74, 6) is 0.250. The Morgan fingerprint density at radius 3 is 2.68 bits per heavy atom. The lowest BCUT2D eigenvalue weighted by Crippen LogP contribution is -2.20. The van der Waals surface area contributed by atoms with Crippen LogP contribution in [0.25, 0.3) is 0 Å². The molecule has 2 N–H and O–H groups in total. The lowest BCUT2D eigenvalue weighted by atomic mass is 10.1. The minimum atomic E-state index is -0.386. The van der Waals surface area contributed by atoms with Crippen LogP contribution in [-0.4, -0.2) is 28.0 Å². The predicted octanol–water partition coefficient (Wildman–Crippen LogP) is 4.46. The molecule has 0 saturated heterocycles. The van der Waals surface area contributed by atoms with Gasteiger partial charge in [0, 0.05) is 17.1 Å². The molecule has 6 nitrogen and oxygen atoms in total. The first-order valence-corrected chi connectivity index (χ1v) is 10.1. The van der Waals surface area contributed by atoms with E-state index in [1.807, 2.05) is 29.9 Å². The fourth-order valence-corrected chi connectivity index (χ4v) is 3.88. The third-order valence-electron chi connectivity index (χ3n) is 4.11. The monoisotopic (exact) mass is 414 g/mol. The molecule has 0 saturated carbocycles. The lowest BCUT2D eigenvalue weighted by molar-refractivity contribution is 0.0602. The van der Waals surface area contributed by atoms with E-state index in [1.54, 1.807) is 0 Å². The van der Waals surface area contributed by atoms with Gasteiger partial charge in [-0.05, 0) is 37.2 Å². The van der Waals surface area contributed by atoms with Crippen LogP contribution in [0.3, 0.4) is 0 Å². The average Bonchev–Trinajstić information content (AvgIpc) is 3.29. The Hall–Kier alpha value is -2.71. The van der Waals surface area contributed by atoms with Crippen LogP contribution in [0.2, 0.25) is 0 Å². The molecule has 2 heterocycles. The summed E-state index contributed by atoms with van der Waals surface area (Å²) >= 11 is 6.87. The molecule has 28 heavy (non-hydrogen) atoms. The number of nitrogens with zero attached hydrogens (tertiary/aromatic N) is 2. The van der Waals surface area contributed by atoms with Crippen LogP contribution in [0.15, 0.2) is 42.6 Å². The first kappa shape index (κ1) is 20.0. The molecule has 3 aromatic rings. The van der Waals surface area contributed by atoms with Gasteiger partial charge in [0.2, 0.25) is 0 Å². The van der Waals surface area contributed by atoms with Crippen molar-refractivity contribution in [2.24, 2.45) is 0 Å². The summed E-state index contributed by atoms with van der Waals surface area (Å²) in [7, 11) is 1.37. The Morgan fingerprint density at radius 2 is 2.00 bits per heavy atom. The van der Waals surface area contributed by atoms with E-state index < -0.39 is 0 Å². The van der Waals surface area contributed by atoms with Crippen LogP contribution in [0.1, 0.15) is 33.3 Å². The van der Waals surface area contributed by atoms with E-state index in [1.165, 1.54) is 29.6 Å². The molecular weight excluding hydrogens is 392 g/mol. The van der Waals surface area contributed by atoms with Gasteiger partial charge in [-0.15, -0.1) is 11.3 Å². The molecule has 1 aromatic carbocycles. The molecule has 146 valence electrons. The van der Waals surface area contributed by atoms with Gasteiger partial charge in [0.25, 0.3) is 0 Å². The van der Waals surface area contributed by atoms with Gasteiger partial charge in [-0.2, -0.15) is 5.10 Å². The van der Waals surface area contributed by atoms with Crippen molar-refractivity contribution in [2.45, 2.75) is 26.8 Å². The van der Waals surface area contributed by atoms with Crippen LogP contribution in [-0.2, 0) is 17.7 Å². The second kappa shape index (κ2) is 8.99. The number of aryl methyl sites for hydroxylation is 2. The highest BCUT2D eigenvalue weighted by Gasteiger charge is 2.17. The number of esters is 1. The van der Waals surface area contributed by atoms with E-state index in [0.29, 0.717) is 28.0 Å². The van der Waals surface area contributed by atoms with Gasteiger partial charge in [-0.25, -0.2) is 4.79 Å². The molecule has 0 aliphatic heterocycles. The molecule has 0 unspecified atom stereocenters. The SMILES string of the molecule is CCc1cc(C(=O)OC)c(NC(=S)Nc2ccn(Cc3ccc(C)cc3)n2)s1. The van der Waals surface area contributed by atoms with E-state index in [-0.39, 0.29) is 5.97 Å². The first-order chi connectivity index (χ1) is 13.5. The van der Waals surface area contributed by atoms with E-state index >= 15 is 0 Å². The topological polar surface area (TPSA) is 68.2 Å². The second-order valence-electron chi connectivity index (χ2n) is 6.26. The number of thiocarbonyl (C=S) groups is 1. The molecular formula is C20H22N4O2S2. The molecule has 0 fully saturated rings. The number of rotatable bonds is 6. The molecule has 8 heteroatoms. The summed E-state index contributed by atoms with van der Waals surface area (Å²) in [5.41, 5.74) is 2.89. The van der Waals surface area contributed by atoms with E-state index in [4.69, 9.17) is 17.0 Å². The number of hydrogen-bond donors (Lipinski definition) is 2. The second-order valence-corrected chi connectivity index (χ2v) is 7.81. The predicted molar refractivity (Wildman–Crippen MR) is 117 cm³/mol. The van der Waals surface area contributed by atoms with Crippen molar-refractivity contribution in [2.75, 3.05) is 17.7 Å². The fraction of sp³-hybridized carbons (Fsp3) is 0.250. The summed E-state index contributed by atoms with van der Waals surface area (Å²) in [6.45, 7) is 4.78. The molecule has 0 atom stereocenters. The molecule has 0 aliphatic rings. The first-order valence-electron chi connectivity index (χ1n) is 8.86. The number of hydrogen-bond acceptors (Lipinski definition) is 5. The molecule has 0 amide bonds. The standard InChI is InChI=1S/C20H22N4O2S2/c1-4-15-11-16(19(25)26-3)18(28-15)22-20(27)21-17-9-10-24(23-17)12-14-7-5-13(2)6-8-14/h5-11H,4,12H2,1-3H3,(H2,21,22,23,27). The van der Waals surface area contributed by atoms with Crippen LogP contribution < -0.4 is 10.6 Å². The normalized spacial score (nSPS) is 10.5. The highest BCUT2D eigenvalue weighted by Crippen LogP contribution is 2.29. The number of nitrogens with one attached hydrogen (secondary N) is 2. The van der Waals surface area contributed by atoms with Crippen molar-refractivity contribution in [3.8, 4) is 0 Å². The summed E-state index contributed by atoms with van der Waals surface area (Å²) in [4.78, 5) is 13.0. The van der Waals surface area contributed by atoms with Crippen LogP contribution >= 0.6 is 23.6 Å². The Labute approximate surface area is 173 Å². The maximum atomic E-state index is 12.0. The maximum Gasteiger partial charge on any atom is 0.340 e. The molecule has 0 spiro atoms. The van der Waals surface area contributed by atoms with Gasteiger partial charge >= 0.3 is 5.97 Å². The minimum Gasteiger partial charge on any atom is -0.465 e. The van der Waals surface area contributed by atoms with Gasteiger partial charge in [0.05, 0.1) is 19.2 Å². The van der Waals surface area contributed by atoms with Gasteiger partial charge in [-0.1, -0.05) is 36.8 Å². The number of carbonyl (C=O) groups excluding carboxylic acids is 1. The quantitative estimate of drug-likeness (QED) is 0.459. The zero-order valence-electron chi connectivity index (χ0n) is 16.0. The largest absolute Gasteiger partial charge is 0.465 e. The summed E-state index contributed by atoms with van der Waals surface area (Å²) in [6, 6.07) is 12.0. The zero-order valence-corrected chi connectivity index (χ0v) is 17.6. The van der Waals surface area contributed by atoms with Crippen molar-refractivity contribution < 1.29 is 9.53 Å². The highest BCUT2D eigenvalue weighted by molar-refractivity contribution is 7.80. The minimum absolute atomic E-state index is 0.371. The number of aromatic nitrogens is 2. The summed E-state index contributed by atoms with van der Waals surface area (Å²) in [5, 5.41) is 11.7. The fourth-order valence-electron chi connectivity index (χ4n) is 2.62.